The van der Waals surface area contributed by atoms with Crippen LogP contribution in [-0.2, 0) is 16.0 Å². The van der Waals surface area contributed by atoms with Crippen molar-refractivity contribution in [2.24, 2.45) is 17.6 Å². The molecule has 0 heterocycles. The molecule has 21 heavy (non-hydrogen) atoms. The standard InChI is InChI=1S/C14H15F2NO4/c15-8-2-1-7(11(16)5-8)3-4-14(17,13(20)21)10-6-9(10)12(18)19/h1-2,5,9-10H,3-4,6,17H2,(H,18,19)(H,20,21)/t9-,10?,14+/m0/s1. The van der Waals surface area contributed by atoms with Crippen molar-refractivity contribution >= 4 is 11.9 Å². The Morgan fingerprint density at radius 3 is 2.48 bits per heavy atom. The Labute approximate surface area is 119 Å². The SMILES string of the molecule is N[C@@](CCc1ccc(F)cc1F)(C(=O)O)C1C[C@@H]1C(=O)O. The molecule has 0 radical (unpaired) electrons. The van der Waals surface area contributed by atoms with E-state index in [1.54, 1.807) is 0 Å². The Balaban J connectivity index is 2.11. The average molecular weight is 299 g/mol. The number of halogens is 2. The molecule has 1 aromatic rings. The first kappa shape index (κ1) is 15.4. The quantitative estimate of drug-likeness (QED) is 0.737. The van der Waals surface area contributed by atoms with Crippen molar-refractivity contribution in [1.82, 2.24) is 0 Å². The van der Waals surface area contributed by atoms with Gasteiger partial charge in [0.05, 0.1) is 5.92 Å². The number of carbonyl (C=O) groups is 2. The summed E-state index contributed by atoms with van der Waals surface area (Å²) in [5.41, 5.74) is 4.28. The van der Waals surface area contributed by atoms with Crippen molar-refractivity contribution < 1.29 is 28.6 Å². The van der Waals surface area contributed by atoms with E-state index < -0.39 is 40.9 Å². The third-order valence-corrected chi connectivity index (χ3v) is 3.99. The second-order valence-electron chi connectivity index (χ2n) is 5.37. The fraction of sp³-hybridized carbons (Fsp3) is 0.429. The topological polar surface area (TPSA) is 101 Å². The first-order chi connectivity index (χ1) is 9.75. The molecule has 114 valence electrons. The predicted molar refractivity (Wildman–Crippen MR) is 68.5 cm³/mol. The summed E-state index contributed by atoms with van der Waals surface area (Å²) in [5.74, 6) is -5.32. The van der Waals surface area contributed by atoms with Crippen molar-refractivity contribution in [1.29, 1.82) is 0 Å². The predicted octanol–water partition coefficient (Wildman–Crippen LogP) is 1.40. The number of carboxylic acid groups (broad SMARTS) is 2. The molecule has 3 atom stereocenters. The van der Waals surface area contributed by atoms with Gasteiger partial charge in [-0.3, -0.25) is 9.59 Å². The average Bonchev–Trinajstić information content (AvgIpc) is 3.17. The van der Waals surface area contributed by atoms with Gasteiger partial charge in [-0.2, -0.15) is 0 Å². The molecule has 1 unspecified atom stereocenters. The number of rotatable bonds is 6. The molecule has 1 aliphatic rings. The molecule has 1 aromatic carbocycles. The van der Waals surface area contributed by atoms with Crippen molar-refractivity contribution in [3.8, 4) is 0 Å². The van der Waals surface area contributed by atoms with Crippen LogP contribution in [0.2, 0.25) is 0 Å². The molecule has 1 aliphatic carbocycles. The Morgan fingerprint density at radius 2 is 2.00 bits per heavy atom. The van der Waals surface area contributed by atoms with Gasteiger partial charge in [-0.25, -0.2) is 8.78 Å². The first-order valence-electron chi connectivity index (χ1n) is 6.44. The van der Waals surface area contributed by atoms with Crippen molar-refractivity contribution in [3.05, 3.63) is 35.4 Å². The monoisotopic (exact) mass is 299 g/mol. The number of aliphatic carboxylic acids is 2. The lowest BCUT2D eigenvalue weighted by molar-refractivity contribution is -0.145. The Kier molecular flexibility index (Phi) is 3.95. The number of hydrogen-bond donors (Lipinski definition) is 3. The molecular weight excluding hydrogens is 284 g/mol. The number of aryl methyl sites for hydroxylation is 1. The van der Waals surface area contributed by atoms with Crippen molar-refractivity contribution in [2.75, 3.05) is 0 Å². The van der Waals surface area contributed by atoms with Gasteiger partial charge in [-0.05, 0) is 30.9 Å². The van der Waals surface area contributed by atoms with Gasteiger partial charge in [0.2, 0.25) is 0 Å². The van der Waals surface area contributed by atoms with Gasteiger partial charge in [-0.15, -0.1) is 0 Å². The second-order valence-corrected chi connectivity index (χ2v) is 5.37. The van der Waals surface area contributed by atoms with Crippen LogP contribution < -0.4 is 5.73 Å². The highest BCUT2D eigenvalue weighted by Gasteiger charge is 2.58. The van der Waals surface area contributed by atoms with Crippen LogP contribution in [0.25, 0.3) is 0 Å². The normalized spacial score (nSPS) is 23.4. The highest BCUT2D eigenvalue weighted by molar-refractivity contribution is 5.83. The molecule has 1 saturated carbocycles. The van der Waals surface area contributed by atoms with Crippen LogP contribution in [0.1, 0.15) is 18.4 Å². The summed E-state index contributed by atoms with van der Waals surface area (Å²) in [6, 6.07) is 3.02. The summed E-state index contributed by atoms with van der Waals surface area (Å²) >= 11 is 0. The molecule has 0 aromatic heterocycles. The van der Waals surface area contributed by atoms with E-state index >= 15 is 0 Å². The number of benzene rings is 1. The zero-order valence-corrected chi connectivity index (χ0v) is 11.1. The minimum Gasteiger partial charge on any atom is -0.481 e. The van der Waals surface area contributed by atoms with Gasteiger partial charge in [0.1, 0.15) is 17.2 Å². The molecule has 0 spiro atoms. The van der Waals surface area contributed by atoms with Gasteiger partial charge in [0, 0.05) is 12.0 Å². The summed E-state index contributed by atoms with van der Waals surface area (Å²) < 4.78 is 26.3. The fourth-order valence-corrected chi connectivity index (χ4v) is 2.55. The van der Waals surface area contributed by atoms with Crippen LogP contribution in [0.5, 0.6) is 0 Å². The zero-order chi connectivity index (χ0) is 15.8. The van der Waals surface area contributed by atoms with Crippen LogP contribution in [0.3, 0.4) is 0 Å². The molecule has 0 bridgehead atoms. The van der Waals surface area contributed by atoms with Crippen LogP contribution in [-0.4, -0.2) is 27.7 Å². The third kappa shape index (κ3) is 3.02. The molecule has 7 heteroatoms. The van der Waals surface area contributed by atoms with Gasteiger partial charge in [0.15, 0.2) is 0 Å². The van der Waals surface area contributed by atoms with Crippen LogP contribution >= 0.6 is 0 Å². The van der Waals surface area contributed by atoms with E-state index in [4.69, 9.17) is 10.8 Å². The van der Waals surface area contributed by atoms with E-state index in [0.717, 1.165) is 6.07 Å². The van der Waals surface area contributed by atoms with E-state index in [1.807, 2.05) is 0 Å². The third-order valence-electron chi connectivity index (χ3n) is 3.99. The van der Waals surface area contributed by atoms with E-state index in [1.165, 1.54) is 6.07 Å². The van der Waals surface area contributed by atoms with E-state index in [2.05, 4.69) is 0 Å². The Bertz CT molecular complexity index is 592. The molecule has 4 N–H and O–H groups in total. The number of nitrogens with two attached hydrogens (primary N) is 1. The number of hydrogen-bond acceptors (Lipinski definition) is 3. The van der Waals surface area contributed by atoms with Gasteiger partial charge in [0.25, 0.3) is 0 Å². The maximum Gasteiger partial charge on any atom is 0.324 e. The van der Waals surface area contributed by atoms with Crippen LogP contribution in [0, 0.1) is 23.5 Å². The molecular formula is C14H15F2NO4. The lowest BCUT2D eigenvalue weighted by Gasteiger charge is -2.25. The van der Waals surface area contributed by atoms with Gasteiger partial charge in [-0.1, -0.05) is 6.07 Å². The summed E-state index contributed by atoms with van der Waals surface area (Å²) in [5, 5.41) is 18.1. The van der Waals surface area contributed by atoms with Crippen molar-refractivity contribution in [2.45, 2.75) is 24.8 Å². The molecule has 0 saturated heterocycles. The maximum absolute atomic E-state index is 13.5. The zero-order valence-electron chi connectivity index (χ0n) is 11.1. The largest absolute Gasteiger partial charge is 0.481 e. The first-order valence-corrected chi connectivity index (χ1v) is 6.44. The summed E-state index contributed by atoms with van der Waals surface area (Å²) in [4.78, 5) is 22.2. The van der Waals surface area contributed by atoms with Crippen molar-refractivity contribution in [3.63, 3.8) is 0 Å². The van der Waals surface area contributed by atoms with E-state index in [9.17, 15) is 23.5 Å². The summed E-state index contributed by atoms with van der Waals surface area (Å²) in [6.45, 7) is 0. The Hall–Kier alpha value is -2.02. The van der Waals surface area contributed by atoms with Crippen LogP contribution in [0.15, 0.2) is 18.2 Å². The molecule has 0 aliphatic heterocycles. The summed E-state index contributed by atoms with van der Waals surface area (Å²) in [6.07, 6.45) is 0.0844. The number of carboxylic acids is 2. The molecule has 0 amide bonds. The van der Waals surface area contributed by atoms with Crippen LogP contribution in [0.4, 0.5) is 8.78 Å². The lowest BCUT2D eigenvalue weighted by atomic mass is 9.86. The smallest absolute Gasteiger partial charge is 0.324 e. The highest BCUT2D eigenvalue weighted by Crippen LogP contribution is 2.47. The van der Waals surface area contributed by atoms with Gasteiger partial charge < -0.3 is 15.9 Å². The molecule has 2 rings (SSSR count). The van der Waals surface area contributed by atoms with E-state index in [0.29, 0.717) is 6.07 Å². The Morgan fingerprint density at radius 1 is 1.33 bits per heavy atom. The van der Waals surface area contributed by atoms with E-state index in [-0.39, 0.29) is 24.8 Å². The molecule has 1 fully saturated rings. The highest BCUT2D eigenvalue weighted by atomic mass is 19.1. The molecule has 5 nitrogen and oxygen atoms in total. The van der Waals surface area contributed by atoms with Gasteiger partial charge >= 0.3 is 11.9 Å². The lowest BCUT2D eigenvalue weighted by Crippen LogP contribution is -2.51. The minimum absolute atomic E-state index is 0.00223. The second kappa shape index (κ2) is 5.40. The fourth-order valence-electron chi connectivity index (χ4n) is 2.55. The summed E-state index contributed by atoms with van der Waals surface area (Å²) in [7, 11) is 0. The maximum atomic E-state index is 13.5. The minimum atomic E-state index is -1.72.